The van der Waals surface area contributed by atoms with Gasteiger partial charge in [0.15, 0.2) is 11.0 Å². The molecule has 12 heteroatoms. The first-order chi connectivity index (χ1) is 20.8. The first-order valence-corrected chi connectivity index (χ1v) is 15.0. The maximum atomic E-state index is 12.9. The molecule has 2 aliphatic rings. The van der Waals surface area contributed by atoms with Gasteiger partial charge < -0.3 is 15.0 Å². The van der Waals surface area contributed by atoms with Crippen LogP contribution in [0.2, 0.25) is 0 Å². The Hall–Kier alpha value is -4.32. The van der Waals surface area contributed by atoms with Gasteiger partial charge >= 0.3 is 12.4 Å². The van der Waals surface area contributed by atoms with Crippen molar-refractivity contribution < 1.29 is 22.7 Å². The molecule has 2 heterocycles. The number of benzene rings is 3. The molecule has 8 nitrogen and oxygen atoms in total. The molecule has 1 aliphatic carbocycles. The summed E-state index contributed by atoms with van der Waals surface area (Å²) in [5, 5.41) is 8.27. The van der Waals surface area contributed by atoms with E-state index in [1.165, 1.54) is 40.8 Å². The minimum Gasteiger partial charge on any atom is -0.406 e. The number of thioether (sulfide) groups is 1. The van der Waals surface area contributed by atoms with Crippen LogP contribution in [0.25, 0.3) is 17.1 Å². The van der Waals surface area contributed by atoms with Crippen molar-refractivity contribution in [2.24, 2.45) is 4.99 Å². The third-order valence-corrected chi connectivity index (χ3v) is 8.43. The summed E-state index contributed by atoms with van der Waals surface area (Å²) >= 11 is 1.62. The number of amides is 2. The molecular weight excluding hydrogens is 577 g/mol. The van der Waals surface area contributed by atoms with Gasteiger partial charge in [-0.25, -0.2) is 14.5 Å². The molecule has 1 saturated heterocycles. The highest BCUT2D eigenvalue weighted by molar-refractivity contribution is 8.14. The Balaban J connectivity index is 1.07. The van der Waals surface area contributed by atoms with Crippen LogP contribution < -0.4 is 15.0 Å². The first-order valence-electron chi connectivity index (χ1n) is 14.0. The lowest BCUT2D eigenvalue weighted by molar-refractivity contribution is -0.274. The van der Waals surface area contributed by atoms with Gasteiger partial charge in [0.1, 0.15) is 12.1 Å². The number of hydrogen-bond acceptors (Lipinski definition) is 5. The number of alkyl halides is 3. The van der Waals surface area contributed by atoms with Crippen LogP contribution in [0.5, 0.6) is 5.75 Å². The van der Waals surface area contributed by atoms with Crippen LogP contribution in [0.15, 0.2) is 84.1 Å². The van der Waals surface area contributed by atoms with Crippen molar-refractivity contribution in [3.05, 3.63) is 90.3 Å². The SMILES string of the molecule is CCc1ccccc1N1CCCS/C1=N\C(=O)NC1CC1c1ccc(-c2ncn(-c3ccc(OC(F)(F)F)cc3)n2)cc1. The zero-order valence-corrected chi connectivity index (χ0v) is 24.1. The molecule has 2 atom stereocenters. The third kappa shape index (κ3) is 6.85. The van der Waals surface area contributed by atoms with Crippen molar-refractivity contribution in [1.29, 1.82) is 0 Å². The van der Waals surface area contributed by atoms with Crippen molar-refractivity contribution in [2.45, 2.75) is 44.5 Å². The van der Waals surface area contributed by atoms with Crippen LogP contribution in [0, 0.1) is 0 Å². The number of aromatic nitrogens is 3. The van der Waals surface area contributed by atoms with Crippen LogP contribution in [0.3, 0.4) is 0 Å². The molecule has 2 unspecified atom stereocenters. The number of hydrogen-bond donors (Lipinski definition) is 1. The minimum atomic E-state index is -4.74. The van der Waals surface area contributed by atoms with Crippen molar-refractivity contribution in [1.82, 2.24) is 20.1 Å². The fraction of sp³-hybridized carbons (Fsp3) is 0.290. The largest absolute Gasteiger partial charge is 0.573 e. The van der Waals surface area contributed by atoms with E-state index in [1.54, 1.807) is 11.8 Å². The molecule has 3 aromatic carbocycles. The lowest BCUT2D eigenvalue weighted by Gasteiger charge is -2.31. The van der Waals surface area contributed by atoms with E-state index in [1.807, 2.05) is 36.4 Å². The Labute approximate surface area is 251 Å². The van der Waals surface area contributed by atoms with Gasteiger partial charge in [0.25, 0.3) is 0 Å². The molecule has 4 aromatic rings. The molecule has 1 aliphatic heterocycles. The summed E-state index contributed by atoms with van der Waals surface area (Å²) in [5.41, 5.74) is 4.80. The van der Waals surface area contributed by atoms with Crippen molar-refractivity contribution in [3.8, 4) is 22.8 Å². The molecule has 1 aromatic heterocycles. The number of halogens is 3. The number of anilines is 1. The average molecular weight is 607 g/mol. The quantitative estimate of drug-likeness (QED) is 0.245. The summed E-state index contributed by atoms with van der Waals surface area (Å²) in [5.74, 6) is 1.32. The number of ether oxygens (including phenoxy) is 1. The highest BCUT2D eigenvalue weighted by Crippen LogP contribution is 2.41. The second kappa shape index (κ2) is 12.1. The van der Waals surface area contributed by atoms with Gasteiger partial charge in [0, 0.05) is 35.5 Å². The van der Waals surface area contributed by atoms with Gasteiger partial charge in [-0.1, -0.05) is 61.2 Å². The van der Waals surface area contributed by atoms with Gasteiger partial charge in [0.2, 0.25) is 0 Å². The molecule has 222 valence electrons. The summed E-state index contributed by atoms with van der Waals surface area (Å²) < 4.78 is 42.6. The van der Waals surface area contributed by atoms with Crippen LogP contribution in [0.4, 0.5) is 23.7 Å². The maximum absolute atomic E-state index is 12.9. The molecule has 6 rings (SSSR count). The summed E-state index contributed by atoms with van der Waals surface area (Å²) in [6.45, 7) is 2.97. The van der Waals surface area contributed by atoms with E-state index in [-0.39, 0.29) is 23.7 Å². The Morgan fingerprint density at radius 3 is 2.60 bits per heavy atom. The Bertz CT molecular complexity index is 1620. The number of rotatable bonds is 7. The van der Waals surface area contributed by atoms with Gasteiger partial charge in [0.05, 0.1) is 5.69 Å². The topological polar surface area (TPSA) is 84.6 Å². The van der Waals surface area contributed by atoms with Crippen molar-refractivity contribution >= 4 is 28.6 Å². The normalized spacial score (nSPS) is 19.3. The minimum absolute atomic E-state index is 0.0225. The number of amidine groups is 1. The smallest absolute Gasteiger partial charge is 0.406 e. The van der Waals surface area contributed by atoms with E-state index < -0.39 is 6.36 Å². The second-order valence-electron chi connectivity index (χ2n) is 10.3. The summed E-state index contributed by atoms with van der Waals surface area (Å²) in [7, 11) is 0. The van der Waals surface area contributed by atoms with Crippen molar-refractivity contribution in [2.75, 3.05) is 17.2 Å². The summed E-state index contributed by atoms with van der Waals surface area (Å²) in [6.07, 6.45) is -0.454. The number of nitrogens with zero attached hydrogens (tertiary/aromatic N) is 5. The number of para-hydroxylation sites is 1. The molecular formula is C31H29F3N6O2S. The molecule has 1 N–H and O–H groups in total. The predicted octanol–water partition coefficient (Wildman–Crippen LogP) is 6.96. The Kier molecular flexibility index (Phi) is 8.11. The fourth-order valence-corrected chi connectivity index (χ4v) is 6.10. The van der Waals surface area contributed by atoms with Crippen LogP contribution in [-0.4, -0.2) is 50.7 Å². The molecule has 0 radical (unpaired) electrons. The van der Waals surface area contributed by atoms with Crippen LogP contribution in [-0.2, 0) is 6.42 Å². The molecule has 2 fully saturated rings. The number of carbonyl (C=O) groups is 1. The molecule has 43 heavy (non-hydrogen) atoms. The zero-order valence-electron chi connectivity index (χ0n) is 23.3. The van der Waals surface area contributed by atoms with E-state index in [2.05, 4.69) is 49.1 Å². The maximum Gasteiger partial charge on any atom is 0.573 e. The second-order valence-corrected chi connectivity index (χ2v) is 11.4. The highest BCUT2D eigenvalue weighted by Gasteiger charge is 2.39. The van der Waals surface area contributed by atoms with Crippen LogP contribution in [0.1, 0.15) is 36.8 Å². The number of carbonyl (C=O) groups excluding carboxylic acids is 1. The monoisotopic (exact) mass is 606 g/mol. The third-order valence-electron chi connectivity index (χ3n) is 7.37. The molecule has 0 spiro atoms. The van der Waals surface area contributed by atoms with Crippen LogP contribution >= 0.6 is 11.8 Å². The standard InChI is InChI=1S/C31H29F3N6O2S/c1-2-20-6-3-4-7-27(20)39-16-5-17-43-30(39)37-29(41)36-26-18-25(26)21-8-10-22(11-9-21)28-35-19-40(38-28)23-12-14-24(15-13-23)42-31(32,33)34/h3-4,6-15,19,25-26H,2,5,16-18H2,1H3,(H,36,41)/b37-30-. The fourth-order valence-electron chi connectivity index (χ4n) is 5.15. The van der Waals surface area contributed by atoms with Crippen molar-refractivity contribution in [3.63, 3.8) is 0 Å². The Morgan fingerprint density at radius 1 is 1.09 bits per heavy atom. The molecule has 0 bridgehead atoms. The predicted molar refractivity (Wildman–Crippen MR) is 161 cm³/mol. The molecule has 2 amide bonds. The number of aryl methyl sites for hydroxylation is 1. The van der Waals surface area contributed by atoms with E-state index in [0.717, 1.165) is 53.5 Å². The number of urea groups is 1. The number of aliphatic imine (C=N–C) groups is 1. The van der Waals surface area contributed by atoms with E-state index in [9.17, 15) is 18.0 Å². The first kappa shape index (κ1) is 28.8. The van der Waals surface area contributed by atoms with E-state index in [4.69, 9.17) is 0 Å². The highest BCUT2D eigenvalue weighted by atomic mass is 32.2. The van der Waals surface area contributed by atoms with E-state index >= 15 is 0 Å². The average Bonchev–Trinajstić information content (AvgIpc) is 3.58. The zero-order chi connectivity index (χ0) is 30.0. The Morgan fingerprint density at radius 2 is 1.86 bits per heavy atom. The molecule has 1 saturated carbocycles. The lowest BCUT2D eigenvalue weighted by Crippen LogP contribution is -2.36. The summed E-state index contributed by atoms with van der Waals surface area (Å²) in [6, 6.07) is 21.2. The summed E-state index contributed by atoms with van der Waals surface area (Å²) in [4.78, 5) is 23.9. The lowest BCUT2D eigenvalue weighted by atomic mass is 10.1. The number of nitrogens with one attached hydrogen (secondary N) is 1. The van der Waals surface area contributed by atoms with Gasteiger partial charge in [-0.05, 0) is 60.7 Å². The van der Waals surface area contributed by atoms with Gasteiger partial charge in [-0.2, -0.15) is 4.99 Å². The van der Waals surface area contributed by atoms with Gasteiger partial charge in [-0.3, -0.25) is 0 Å². The van der Waals surface area contributed by atoms with Gasteiger partial charge in [-0.15, -0.1) is 18.3 Å². The van der Waals surface area contributed by atoms with E-state index in [0.29, 0.717) is 11.5 Å².